The van der Waals surface area contributed by atoms with Crippen molar-refractivity contribution in [1.29, 1.82) is 0 Å². The molecule has 1 heterocycles. The third-order valence-corrected chi connectivity index (χ3v) is 2.33. The maximum atomic E-state index is 11.8. The SMILES string of the molecule is CCC(Cc1nc(COCC(F)(F)F)no1)NC. The van der Waals surface area contributed by atoms with Gasteiger partial charge in [0.25, 0.3) is 0 Å². The Bertz CT molecular complexity index is 350. The molecule has 5 nitrogen and oxygen atoms in total. The standard InChI is InChI=1S/C10H16F3N3O2/c1-3-7(14-2)4-9-15-8(16-18-9)5-17-6-10(11,12)13/h7,14H,3-6H2,1-2H3. The third kappa shape index (κ3) is 5.46. The van der Waals surface area contributed by atoms with Crippen molar-refractivity contribution in [3.8, 4) is 0 Å². The minimum Gasteiger partial charge on any atom is -0.364 e. The van der Waals surface area contributed by atoms with Crippen LogP contribution in [0.3, 0.4) is 0 Å². The normalized spacial score (nSPS) is 13.8. The van der Waals surface area contributed by atoms with Crippen molar-refractivity contribution < 1.29 is 22.4 Å². The molecule has 1 N–H and O–H groups in total. The van der Waals surface area contributed by atoms with E-state index in [1.165, 1.54) is 0 Å². The highest BCUT2D eigenvalue weighted by Gasteiger charge is 2.27. The number of alkyl halides is 3. The van der Waals surface area contributed by atoms with Crippen LogP contribution >= 0.6 is 0 Å². The lowest BCUT2D eigenvalue weighted by atomic mass is 10.1. The van der Waals surface area contributed by atoms with Crippen LogP contribution in [0.5, 0.6) is 0 Å². The number of rotatable bonds is 7. The number of nitrogens with zero attached hydrogens (tertiary/aromatic N) is 2. The molecule has 18 heavy (non-hydrogen) atoms. The van der Waals surface area contributed by atoms with Crippen LogP contribution in [0.4, 0.5) is 13.2 Å². The summed E-state index contributed by atoms with van der Waals surface area (Å²) in [5.74, 6) is 0.516. The lowest BCUT2D eigenvalue weighted by Gasteiger charge is -2.09. The Labute approximate surface area is 103 Å². The number of nitrogens with one attached hydrogen (secondary N) is 1. The molecule has 0 aliphatic carbocycles. The Morgan fingerprint density at radius 2 is 2.17 bits per heavy atom. The molecule has 104 valence electrons. The van der Waals surface area contributed by atoms with Gasteiger partial charge in [-0.15, -0.1) is 0 Å². The van der Waals surface area contributed by atoms with Gasteiger partial charge in [-0.2, -0.15) is 18.2 Å². The summed E-state index contributed by atoms with van der Waals surface area (Å²) in [5, 5.41) is 6.62. The van der Waals surface area contributed by atoms with E-state index in [0.29, 0.717) is 12.3 Å². The second-order valence-electron chi connectivity index (χ2n) is 3.81. The predicted octanol–water partition coefficient (Wildman–Crippen LogP) is 1.69. The van der Waals surface area contributed by atoms with Gasteiger partial charge in [0, 0.05) is 12.5 Å². The van der Waals surface area contributed by atoms with Crippen LogP contribution in [-0.2, 0) is 17.8 Å². The molecule has 0 amide bonds. The van der Waals surface area contributed by atoms with Crippen LogP contribution in [0, 0.1) is 0 Å². The maximum absolute atomic E-state index is 11.8. The van der Waals surface area contributed by atoms with Crippen molar-refractivity contribution in [3.05, 3.63) is 11.7 Å². The van der Waals surface area contributed by atoms with Gasteiger partial charge in [0.05, 0.1) is 0 Å². The minimum atomic E-state index is -4.34. The van der Waals surface area contributed by atoms with E-state index in [1.54, 1.807) is 0 Å². The number of aromatic nitrogens is 2. The fraction of sp³-hybridized carbons (Fsp3) is 0.800. The zero-order valence-electron chi connectivity index (χ0n) is 10.3. The highest BCUT2D eigenvalue weighted by atomic mass is 19.4. The topological polar surface area (TPSA) is 60.2 Å². The van der Waals surface area contributed by atoms with E-state index in [0.717, 1.165) is 6.42 Å². The van der Waals surface area contributed by atoms with Crippen molar-refractivity contribution in [2.45, 2.75) is 38.6 Å². The summed E-state index contributed by atoms with van der Waals surface area (Å²) in [6.07, 6.45) is -2.91. The molecule has 0 spiro atoms. The predicted molar refractivity (Wildman–Crippen MR) is 56.9 cm³/mol. The van der Waals surface area contributed by atoms with Crippen molar-refractivity contribution in [2.24, 2.45) is 0 Å². The van der Waals surface area contributed by atoms with Crippen LogP contribution in [0.1, 0.15) is 25.1 Å². The molecule has 0 bridgehead atoms. The highest BCUT2D eigenvalue weighted by molar-refractivity contribution is 4.88. The molecule has 0 aliphatic rings. The molecule has 1 aromatic heterocycles. The van der Waals surface area contributed by atoms with Crippen molar-refractivity contribution in [3.63, 3.8) is 0 Å². The van der Waals surface area contributed by atoms with Gasteiger partial charge in [-0.05, 0) is 13.5 Å². The van der Waals surface area contributed by atoms with Gasteiger partial charge in [0.2, 0.25) is 5.89 Å². The van der Waals surface area contributed by atoms with Gasteiger partial charge in [-0.25, -0.2) is 0 Å². The van der Waals surface area contributed by atoms with E-state index in [-0.39, 0.29) is 18.5 Å². The minimum absolute atomic E-state index is 0.125. The van der Waals surface area contributed by atoms with Crippen LogP contribution in [0.2, 0.25) is 0 Å². The molecule has 1 unspecified atom stereocenters. The Morgan fingerprint density at radius 1 is 1.44 bits per heavy atom. The fourth-order valence-corrected chi connectivity index (χ4v) is 1.35. The van der Waals surface area contributed by atoms with E-state index in [2.05, 4.69) is 20.2 Å². The number of halogens is 3. The molecule has 1 atom stereocenters. The van der Waals surface area contributed by atoms with E-state index in [9.17, 15) is 13.2 Å². The molecule has 0 saturated carbocycles. The zero-order valence-corrected chi connectivity index (χ0v) is 10.3. The van der Waals surface area contributed by atoms with Crippen LogP contribution < -0.4 is 5.32 Å². The first-order valence-corrected chi connectivity index (χ1v) is 5.57. The van der Waals surface area contributed by atoms with Crippen LogP contribution in [0.15, 0.2) is 4.52 Å². The number of hydrogen-bond donors (Lipinski definition) is 1. The van der Waals surface area contributed by atoms with E-state index in [4.69, 9.17) is 4.52 Å². The summed E-state index contributed by atoms with van der Waals surface area (Å²) in [5.41, 5.74) is 0. The Hall–Kier alpha value is -1.15. The second kappa shape index (κ2) is 6.69. The van der Waals surface area contributed by atoms with Crippen LogP contribution in [0.25, 0.3) is 0 Å². The van der Waals surface area contributed by atoms with Gasteiger partial charge in [0.1, 0.15) is 13.2 Å². The number of ether oxygens (including phenoxy) is 1. The number of hydrogen-bond acceptors (Lipinski definition) is 5. The Morgan fingerprint density at radius 3 is 2.72 bits per heavy atom. The number of likely N-dealkylation sites (N-methyl/N-ethyl adjacent to an activating group) is 1. The third-order valence-electron chi connectivity index (χ3n) is 2.33. The molecule has 0 aliphatic heterocycles. The summed E-state index contributed by atoms with van der Waals surface area (Å²) >= 11 is 0. The average Bonchev–Trinajstić information content (AvgIpc) is 2.72. The van der Waals surface area contributed by atoms with Gasteiger partial charge >= 0.3 is 6.18 Å². The van der Waals surface area contributed by atoms with Crippen molar-refractivity contribution in [1.82, 2.24) is 15.5 Å². The second-order valence-corrected chi connectivity index (χ2v) is 3.81. The summed E-state index contributed by atoms with van der Waals surface area (Å²) in [6.45, 7) is 0.384. The summed E-state index contributed by atoms with van der Waals surface area (Å²) in [7, 11) is 1.82. The highest BCUT2D eigenvalue weighted by Crippen LogP contribution is 2.15. The smallest absolute Gasteiger partial charge is 0.364 e. The van der Waals surface area contributed by atoms with Crippen molar-refractivity contribution in [2.75, 3.05) is 13.7 Å². The molecular formula is C10H16F3N3O2. The van der Waals surface area contributed by atoms with E-state index >= 15 is 0 Å². The lowest BCUT2D eigenvalue weighted by Crippen LogP contribution is -2.26. The monoisotopic (exact) mass is 267 g/mol. The Balaban J connectivity index is 2.39. The van der Waals surface area contributed by atoms with Gasteiger partial charge < -0.3 is 14.6 Å². The molecule has 1 rings (SSSR count). The molecule has 0 aromatic carbocycles. The maximum Gasteiger partial charge on any atom is 0.411 e. The first kappa shape index (κ1) is 14.9. The molecule has 0 saturated heterocycles. The first-order chi connectivity index (χ1) is 8.44. The van der Waals surface area contributed by atoms with E-state index < -0.39 is 12.8 Å². The summed E-state index contributed by atoms with van der Waals surface area (Å²) in [6, 6.07) is 0.203. The first-order valence-electron chi connectivity index (χ1n) is 5.57. The van der Waals surface area contributed by atoms with Gasteiger partial charge in [-0.1, -0.05) is 12.1 Å². The fourth-order valence-electron chi connectivity index (χ4n) is 1.35. The van der Waals surface area contributed by atoms with Crippen molar-refractivity contribution >= 4 is 0 Å². The summed E-state index contributed by atoms with van der Waals surface area (Å²) < 4.78 is 44.8. The largest absolute Gasteiger partial charge is 0.411 e. The molecule has 0 radical (unpaired) electrons. The molecular weight excluding hydrogens is 251 g/mol. The zero-order chi connectivity index (χ0) is 13.6. The quantitative estimate of drug-likeness (QED) is 0.814. The summed E-state index contributed by atoms with van der Waals surface area (Å²) in [4.78, 5) is 3.96. The lowest BCUT2D eigenvalue weighted by molar-refractivity contribution is -0.177. The van der Waals surface area contributed by atoms with E-state index in [1.807, 2.05) is 14.0 Å². The Kier molecular flexibility index (Phi) is 5.54. The van der Waals surface area contributed by atoms with Gasteiger partial charge in [-0.3, -0.25) is 0 Å². The molecule has 0 fully saturated rings. The van der Waals surface area contributed by atoms with Gasteiger partial charge in [0.15, 0.2) is 5.82 Å². The molecule has 1 aromatic rings. The molecule has 8 heteroatoms. The average molecular weight is 267 g/mol. The van der Waals surface area contributed by atoms with Crippen LogP contribution in [-0.4, -0.2) is 36.0 Å².